The van der Waals surface area contributed by atoms with Gasteiger partial charge in [0.15, 0.2) is 0 Å². The summed E-state index contributed by atoms with van der Waals surface area (Å²) in [7, 11) is 0. The molecular formula is C10H20N4O2. The van der Waals surface area contributed by atoms with E-state index in [2.05, 4.69) is 10.4 Å². The summed E-state index contributed by atoms with van der Waals surface area (Å²) < 4.78 is 1.77. The lowest BCUT2D eigenvalue weighted by Crippen LogP contribution is -2.16. The summed E-state index contributed by atoms with van der Waals surface area (Å²) in [5.74, 6) is 0.790. The fourth-order valence-electron chi connectivity index (χ4n) is 1.48. The second kappa shape index (κ2) is 6.34. The van der Waals surface area contributed by atoms with Crippen molar-refractivity contribution in [1.29, 1.82) is 0 Å². The Balaban J connectivity index is 2.39. The van der Waals surface area contributed by atoms with Crippen molar-refractivity contribution in [3.63, 3.8) is 0 Å². The number of hydrogen-bond acceptors (Lipinski definition) is 5. The molecule has 1 heterocycles. The van der Waals surface area contributed by atoms with Gasteiger partial charge in [-0.2, -0.15) is 5.10 Å². The lowest BCUT2D eigenvalue weighted by molar-refractivity contribution is 0.128. The number of nitrogen functional groups attached to an aromatic ring is 1. The van der Waals surface area contributed by atoms with Crippen LogP contribution in [-0.4, -0.2) is 39.2 Å². The Morgan fingerprint density at radius 3 is 2.94 bits per heavy atom. The third kappa shape index (κ3) is 3.39. The molecule has 5 N–H and O–H groups in total. The van der Waals surface area contributed by atoms with Gasteiger partial charge in [-0.15, -0.1) is 0 Å². The summed E-state index contributed by atoms with van der Waals surface area (Å²) in [5.41, 5.74) is 6.35. The van der Waals surface area contributed by atoms with Gasteiger partial charge in [-0.1, -0.05) is 0 Å². The van der Waals surface area contributed by atoms with Crippen molar-refractivity contribution in [2.24, 2.45) is 0 Å². The van der Waals surface area contributed by atoms with Gasteiger partial charge in [0.1, 0.15) is 5.82 Å². The lowest BCUT2D eigenvalue weighted by Gasteiger charge is -2.12. The van der Waals surface area contributed by atoms with Crippen molar-refractivity contribution in [1.82, 2.24) is 9.78 Å². The lowest BCUT2D eigenvalue weighted by atomic mass is 10.2. The fraction of sp³-hybridized carbons (Fsp3) is 0.700. The molecule has 0 fully saturated rings. The molecular weight excluding hydrogens is 208 g/mol. The van der Waals surface area contributed by atoms with Crippen LogP contribution in [0.4, 0.5) is 11.5 Å². The predicted molar refractivity (Wildman–Crippen MR) is 63.1 cm³/mol. The number of nitrogens with one attached hydrogen (secondary N) is 1. The molecule has 0 aliphatic carbocycles. The van der Waals surface area contributed by atoms with Crippen LogP contribution in [0, 0.1) is 0 Å². The summed E-state index contributed by atoms with van der Waals surface area (Å²) in [5, 5.41) is 25.3. The largest absolute Gasteiger partial charge is 0.396 e. The van der Waals surface area contributed by atoms with E-state index in [1.165, 1.54) is 0 Å². The molecule has 0 aliphatic heterocycles. The SMILES string of the molecule is CCn1ncc(N)c1NCCC(O)CCO. The van der Waals surface area contributed by atoms with Crippen molar-refractivity contribution in [2.75, 3.05) is 24.2 Å². The van der Waals surface area contributed by atoms with Gasteiger partial charge in [0.25, 0.3) is 0 Å². The summed E-state index contributed by atoms with van der Waals surface area (Å²) >= 11 is 0. The van der Waals surface area contributed by atoms with Gasteiger partial charge in [0, 0.05) is 19.7 Å². The van der Waals surface area contributed by atoms with Crippen molar-refractivity contribution in [2.45, 2.75) is 32.4 Å². The first kappa shape index (κ1) is 12.8. The zero-order valence-corrected chi connectivity index (χ0v) is 9.56. The molecule has 0 saturated heterocycles. The van der Waals surface area contributed by atoms with Crippen LogP contribution >= 0.6 is 0 Å². The highest BCUT2D eigenvalue weighted by Crippen LogP contribution is 2.17. The van der Waals surface area contributed by atoms with Crippen LogP contribution in [0.25, 0.3) is 0 Å². The zero-order chi connectivity index (χ0) is 12.0. The standard InChI is InChI=1S/C10H20N4O2/c1-2-14-10(9(11)7-13-14)12-5-3-8(16)4-6-15/h7-8,12,15-16H,2-6,11H2,1H3. The molecule has 1 aromatic heterocycles. The van der Waals surface area contributed by atoms with Crippen LogP contribution in [0.3, 0.4) is 0 Å². The van der Waals surface area contributed by atoms with Gasteiger partial charge in [-0.05, 0) is 19.8 Å². The minimum Gasteiger partial charge on any atom is -0.396 e. The third-order valence-corrected chi connectivity index (χ3v) is 2.40. The maximum atomic E-state index is 9.42. The molecule has 0 spiro atoms. The molecule has 16 heavy (non-hydrogen) atoms. The van der Waals surface area contributed by atoms with E-state index < -0.39 is 6.10 Å². The van der Waals surface area contributed by atoms with Gasteiger partial charge in [-0.3, -0.25) is 0 Å². The van der Waals surface area contributed by atoms with E-state index in [0.29, 0.717) is 25.1 Å². The topological polar surface area (TPSA) is 96.3 Å². The third-order valence-electron chi connectivity index (χ3n) is 2.40. The first-order valence-corrected chi connectivity index (χ1v) is 5.53. The Morgan fingerprint density at radius 2 is 2.31 bits per heavy atom. The van der Waals surface area contributed by atoms with Crippen LogP contribution < -0.4 is 11.1 Å². The summed E-state index contributed by atoms with van der Waals surface area (Å²) in [6.45, 7) is 3.35. The van der Waals surface area contributed by atoms with Crippen molar-refractivity contribution >= 4 is 11.5 Å². The van der Waals surface area contributed by atoms with Crippen molar-refractivity contribution in [3.8, 4) is 0 Å². The Hall–Kier alpha value is -1.27. The highest BCUT2D eigenvalue weighted by Gasteiger charge is 2.07. The van der Waals surface area contributed by atoms with E-state index in [1.54, 1.807) is 10.9 Å². The van der Waals surface area contributed by atoms with E-state index in [-0.39, 0.29) is 6.61 Å². The van der Waals surface area contributed by atoms with E-state index in [1.807, 2.05) is 6.92 Å². The molecule has 0 amide bonds. The van der Waals surface area contributed by atoms with E-state index >= 15 is 0 Å². The Bertz CT molecular complexity index is 314. The molecule has 1 unspecified atom stereocenters. The van der Waals surface area contributed by atoms with E-state index in [4.69, 9.17) is 10.8 Å². The number of rotatable bonds is 7. The second-order valence-corrected chi connectivity index (χ2v) is 3.65. The van der Waals surface area contributed by atoms with Crippen LogP contribution in [0.15, 0.2) is 6.20 Å². The molecule has 92 valence electrons. The smallest absolute Gasteiger partial charge is 0.147 e. The molecule has 6 nitrogen and oxygen atoms in total. The molecule has 1 aromatic rings. The number of anilines is 2. The van der Waals surface area contributed by atoms with Gasteiger partial charge >= 0.3 is 0 Å². The van der Waals surface area contributed by atoms with E-state index in [0.717, 1.165) is 12.4 Å². The molecule has 0 radical (unpaired) electrons. The average molecular weight is 228 g/mol. The number of aromatic nitrogens is 2. The van der Waals surface area contributed by atoms with Gasteiger partial charge in [-0.25, -0.2) is 4.68 Å². The first-order chi connectivity index (χ1) is 7.69. The minimum atomic E-state index is -0.475. The number of nitrogens with two attached hydrogens (primary N) is 1. The normalized spacial score (nSPS) is 12.7. The summed E-state index contributed by atoms with van der Waals surface area (Å²) in [6, 6.07) is 0. The maximum absolute atomic E-state index is 9.42. The molecule has 0 saturated carbocycles. The number of aliphatic hydroxyl groups is 2. The molecule has 6 heteroatoms. The molecule has 1 atom stereocenters. The number of aliphatic hydroxyl groups excluding tert-OH is 2. The van der Waals surface area contributed by atoms with Gasteiger partial charge in [0.2, 0.25) is 0 Å². The van der Waals surface area contributed by atoms with Crippen LogP contribution in [-0.2, 0) is 6.54 Å². The molecule has 0 aromatic carbocycles. The zero-order valence-electron chi connectivity index (χ0n) is 9.56. The quantitative estimate of drug-likeness (QED) is 0.528. The number of nitrogens with zero attached hydrogens (tertiary/aromatic N) is 2. The van der Waals surface area contributed by atoms with Gasteiger partial charge in [0.05, 0.1) is 18.0 Å². The Labute approximate surface area is 95.1 Å². The minimum absolute atomic E-state index is 0.0101. The average Bonchev–Trinajstić information content (AvgIpc) is 2.60. The number of aryl methyl sites for hydroxylation is 1. The highest BCUT2D eigenvalue weighted by atomic mass is 16.3. The van der Waals surface area contributed by atoms with Crippen molar-refractivity contribution in [3.05, 3.63) is 6.20 Å². The summed E-state index contributed by atoms with van der Waals surface area (Å²) in [4.78, 5) is 0. The predicted octanol–water partition coefficient (Wildman–Crippen LogP) is 0.0305. The van der Waals surface area contributed by atoms with E-state index in [9.17, 15) is 5.11 Å². The highest BCUT2D eigenvalue weighted by molar-refractivity contribution is 5.60. The first-order valence-electron chi connectivity index (χ1n) is 5.53. The van der Waals surface area contributed by atoms with Crippen LogP contribution in [0.2, 0.25) is 0 Å². The Morgan fingerprint density at radius 1 is 1.56 bits per heavy atom. The maximum Gasteiger partial charge on any atom is 0.147 e. The second-order valence-electron chi connectivity index (χ2n) is 3.65. The molecule has 0 bridgehead atoms. The molecule has 1 rings (SSSR count). The summed E-state index contributed by atoms with van der Waals surface area (Å²) in [6.07, 6.45) is 2.12. The van der Waals surface area contributed by atoms with Gasteiger partial charge < -0.3 is 21.3 Å². The Kier molecular flexibility index (Phi) is 5.07. The number of hydrogen-bond donors (Lipinski definition) is 4. The molecule has 0 aliphatic rings. The van der Waals surface area contributed by atoms with Crippen LogP contribution in [0.1, 0.15) is 19.8 Å². The monoisotopic (exact) mass is 228 g/mol. The van der Waals surface area contributed by atoms with Crippen molar-refractivity contribution < 1.29 is 10.2 Å². The fourth-order valence-corrected chi connectivity index (χ4v) is 1.48. The van der Waals surface area contributed by atoms with Crippen LogP contribution in [0.5, 0.6) is 0 Å².